The number of nitrogens with zero attached hydrogens (tertiary/aromatic N) is 4. The van der Waals surface area contributed by atoms with Crippen molar-refractivity contribution in [3.05, 3.63) is 114 Å². The molecule has 2 aromatic heterocycles. The van der Waals surface area contributed by atoms with Crippen LogP contribution in [0.5, 0.6) is 5.75 Å². The van der Waals surface area contributed by atoms with E-state index in [-0.39, 0.29) is 11.7 Å². The van der Waals surface area contributed by atoms with Crippen molar-refractivity contribution in [1.82, 2.24) is 19.7 Å². The first-order valence-electron chi connectivity index (χ1n) is 11.8. The van der Waals surface area contributed by atoms with Gasteiger partial charge in [0.1, 0.15) is 18.1 Å². The molecule has 37 heavy (non-hydrogen) atoms. The fourth-order valence-electron chi connectivity index (χ4n) is 3.65. The number of benzene rings is 3. The monoisotopic (exact) mass is 507 g/mol. The van der Waals surface area contributed by atoms with E-state index in [1.54, 1.807) is 6.20 Å². The zero-order valence-electron chi connectivity index (χ0n) is 20.2. The highest BCUT2D eigenvalue weighted by atomic mass is 32.2. The van der Waals surface area contributed by atoms with Crippen molar-refractivity contribution in [2.75, 3.05) is 11.1 Å². The number of anilines is 1. The number of aryl methyl sites for hydroxylation is 1. The van der Waals surface area contributed by atoms with Gasteiger partial charge in [0.15, 0.2) is 11.0 Å². The molecule has 5 rings (SSSR count). The molecule has 0 fully saturated rings. The van der Waals surface area contributed by atoms with Crippen molar-refractivity contribution >= 4 is 23.4 Å². The van der Waals surface area contributed by atoms with Gasteiger partial charge in [0.2, 0.25) is 5.91 Å². The fourth-order valence-corrected chi connectivity index (χ4v) is 4.41. The van der Waals surface area contributed by atoms with E-state index >= 15 is 0 Å². The van der Waals surface area contributed by atoms with E-state index in [0.29, 0.717) is 29.0 Å². The molecule has 1 N–H and O–H groups in total. The van der Waals surface area contributed by atoms with E-state index in [1.807, 2.05) is 109 Å². The Morgan fingerprint density at radius 3 is 2.38 bits per heavy atom. The smallest absolute Gasteiger partial charge is 0.234 e. The summed E-state index contributed by atoms with van der Waals surface area (Å²) in [7, 11) is 0. The van der Waals surface area contributed by atoms with Crippen LogP contribution in [0.3, 0.4) is 0 Å². The number of hydrogen-bond acceptors (Lipinski definition) is 6. The molecule has 3 aromatic carbocycles. The summed E-state index contributed by atoms with van der Waals surface area (Å²) in [5, 5.41) is 12.3. The van der Waals surface area contributed by atoms with Crippen LogP contribution in [0, 0.1) is 6.92 Å². The molecule has 5 aromatic rings. The molecule has 7 nitrogen and oxygen atoms in total. The number of nitrogens with one attached hydrogen (secondary N) is 1. The molecular formula is C29H25N5O2S. The van der Waals surface area contributed by atoms with Gasteiger partial charge in [-0.1, -0.05) is 65.9 Å². The predicted octanol–water partition coefficient (Wildman–Crippen LogP) is 5.95. The van der Waals surface area contributed by atoms with Gasteiger partial charge in [-0.05, 0) is 61.0 Å². The number of amides is 1. The lowest BCUT2D eigenvalue weighted by molar-refractivity contribution is -0.113. The molecule has 0 spiro atoms. The van der Waals surface area contributed by atoms with Crippen molar-refractivity contribution in [2.24, 2.45) is 0 Å². The molecule has 1 amide bonds. The molecule has 0 atom stereocenters. The Balaban J connectivity index is 1.24. The molecule has 0 aliphatic carbocycles. The lowest BCUT2D eigenvalue weighted by atomic mass is 10.2. The first-order chi connectivity index (χ1) is 18.2. The molecule has 2 heterocycles. The quantitative estimate of drug-likeness (QED) is 0.248. The van der Waals surface area contributed by atoms with E-state index < -0.39 is 0 Å². The summed E-state index contributed by atoms with van der Waals surface area (Å²) in [5.41, 5.74) is 4.57. The van der Waals surface area contributed by atoms with Gasteiger partial charge >= 0.3 is 0 Å². The van der Waals surface area contributed by atoms with E-state index in [9.17, 15) is 4.79 Å². The minimum Gasteiger partial charge on any atom is -0.489 e. The van der Waals surface area contributed by atoms with Gasteiger partial charge in [-0.3, -0.25) is 14.3 Å². The lowest BCUT2D eigenvalue weighted by Gasteiger charge is -2.11. The fraction of sp³-hybridized carbons (Fsp3) is 0.103. The Hall–Kier alpha value is -4.43. The lowest BCUT2D eigenvalue weighted by Crippen LogP contribution is -2.14. The minimum atomic E-state index is -0.138. The second-order valence-electron chi connectivity index (χ2n) is 8.33. The number of carbonyl (C=O) groups excluding carboxylic acids is 1. The zero-order chi connectivity index (χ0) is 25.5. The molecule has 0 saturated heterocycles. The van der Waals surface area contributed by atoms with Crippen molar-refractivity contribution in [1.29, 1.82) is 0 Å². The van der Waals surface area contributed by atoms with Crippen LogP contribution >= 0.6 is 11.8 Å². The molecule has 0 saturated carbocycles. The van der Waals surface area contributed by atoms with Gasteiger partial charge in [0.25, 0.3) is 0 Å². The van der Waals surface area contributed by atoms with E-state index in [4.69, 9.17) is 4.74 Å². The Morgan fingerprint density at radius 1 is 0.892 bits per heavy atom. The molecule has 184 valence electrons. The number of thioether (sulfide) groups is 1. The van der Waals surface area contributed by atoms with Gasteiger partial charge in [-0.25, -0.2) is 0 Å². The van der Waals surface area contributed by atoms with Crippen LogP contribution in [0.2, 0.25) is 0 Å². The Bertz CT molecular complexity index is 1450. The van der Waals surface area contributed by atoms with Gasteiger partial charge in [0.05, 0.1) is 5.75 Å². The van der Waals surface area contributed by atoms with E-state index in [2.05, 4.69) is 20.5 Å². The van der Waals surface area contributed by atoms with Crippen molar-refractivity contribution in [3.8, 4) is 23.0 Å². The average molecular weight is 508 g/mol. The summed E-state index contributed by atoms with van der Waals surface area (Å²) in [6.45, 7) is 2.53. The standard InChI is InChI=1S/C29H25N5O2S/c1-21-10-14-24(15-11-21)34-28(26-9-5-6-18-30-26)32-33-29(34)37-20-27(35)31-23-12-16-25(17-13-23)36-19-22-7-3-2-4-8-22/h2-18H,19-20H2,1H3,(H,31,35). The molecule has 0 aliphatic heterocycles. The SMILES string of the molecule is Cc1ccc(-n2c(SCC(=O)Nc3ccc(OCc4ccccc4)cc3)nnc2-c2ccccn2)cc1. The number of aromatic nitrogens is 4. The second kappa shape index (κ2) is 11.5. The predicted molar refractivity (Wildman–Crippen MR) is 146 cm³/mol. The molecule has 0 bridgehead atoms. The maximum absolute atomic E-state index is 12.7. The third kappa shape index (κ3) is 6.23. The summed E-state index contributed by atoms with van der Waals surface area (Å²) in [4.78, 5) is 17.2. The summed E-state index contributed by atoms with van der Waals surface area (Å²) in [5.74, 6) is 1.40. The highest BCUT2D eigenvalue weighted by molar-refractivity contribution is 7.99. The summed E-state index contributed by atoms with van der Waals surface area (Å²) in [6.07, 6.45) is 1.72. The third-order valence-electron chi connectivity index (χ3n) is 5.54. The second-order valence-corrected chi connectivity index (χ2v) is 9.27. The van der Waals surface area contributed by atoms with Crippen LogP contribution in [-0.4, -0.2) is 31.4 Å². The summed E-state index contributed by atoms with van der Waals surface area (Å²) >= 11 is 1.32. The van der Waals surface area contributed by atoms with Crippen molar-refractivity contribution in [3.63, 3.8) is 0 Å². The molecule has 0 radical (unpaired) electrons. The number of pyridine rings is 1. The van der Waals surface area contributed by atoms with Crippen LogP contribution in [0.4, 0.5) is 5.69 Å². The maximum Gasteiger partial charge on any atom is 0.234 e. The highest BCUT2D eigenvalue weighted by Crippen LogP contribution is 2.27. The Labute approximate surface area is 219 Å². The largest absolute Gasteiger partial charge is 0.489 e. The Kier molecular flexibility index (Phi) is 7.57. The number of rotatable bonds is 9. The van der Waals surface area contributed by atoms with Crippen molar-refractivity contribution < 1.29 is 9.53 Å². The first-order valence-corrected chi connectivity index (χ1v) is 12.8. The number of hydrogen-bond donors (Lipinski definition) is 1. The molecule has 0 unspecified atom stereocenters. The third-order valence-corrected chi connectivity index (χ3v) is 6.47. The summed E-state index contributed by atoms with van der Waals surface area (Å²) in [6, 6.07) is 31.1. The van der Waals surface area contributed by atoms with Gasteiger partial charge in [-0.15, -0.1) is 10.2 Å². The van der Waals surface area contributed by atoms with E-state index in [0.717, 1.165) is 22.6 Å². The van der Waals surface area contributed by atoms with Gasteiger partial charge in [0, 0.05) is 17.6 Å². The number of carbonyl (C=O) groups is 1. The van der Waals surface area contributed by atoms with Crippen LogP contribution < -0.4 is 10.1 Å². The minimum absolute atomic E-state index is 0.138. The van der Waals surface area contributed by atoms with Crippen LogP contribution in [-0.2, 0) is 11.4 Å². The molecule has 8 heteroatoms. The van der Waals surface area contributed by atoms with Gasteiger partial charge < -0.3 is 10.1 Å². The molecule has 0 aliphatic rings. The molecular weight excluding hydrogens is 482 g/mol. The maximum atomic E-state index is 12.7. The first kappa shape index (κ1) is 24.3. The van der Waals surface area contributed by atoms with Gasteiger partial charge in [-0.2, -0.15) is 0 Å². The van der Waals surface area contributed by atoms with E-state index in [1.165, 1.54) is 11.8 Å². The van der Waals surface area contributed by atoms with Crippen molar-refractivity contribution in [2.45, 2.75) is 18.7 Å². The summed E-state index contributed by atoms with van der Waals surface area (Å²) < 4.78 is 7.75. The average Bonchev–Trinajstić information content (AvgIpc) is 3.37. The Morgan fingerprint density at radius 2 is 1.65 bits per heavy atom. The topological polar surface area (TPSA) is 81.9 Å². The highest BCUT2D eigenvalue weighted by Gasteiger charge is 2.18. The van der Waals surface area contributed by atoms with Crippen LogP contribution in [0.25, 0.3) is 17.2 Å². The normalized spacial score (nSPS) is 10.7. The van der Waals surface area contributed by atoms with Crippen LogP contribution in [0.15, 0.2) is 108 Å². The zero-order valence-corrected chi connectivity index (χ0v) is 21.1. The van der Waals surface area contributed by atoms with Crippen LogP contribution in [0.1, 0.15) is 11.1 Å². The number of ether oxygens (including phenoxy) is 1.